The van der Waals surface area contributed by atoms with E-state index in [0.717, 1.165) is 31.2 Å². The van der Waals surface area contributed by atoms with Crippen molar-refractivity contribution in [2.45, 2.75) is 31.6 Å². The predicted octanol–water partition coefficient (Wildman–Crippen LogP) is 4.79. The molecule has 0 fully saturated rings. The van der Waals surface area contributed by atoms with E-state index < -0.39 is 0 Å². The first kappa shape index (κ1) is 16.8. The summed E-state index contributed by atoms with van der Waals surface area (Å²) in [6.07, 6.45) is 5.05. The topological polar surface area (TPSA) is 29.0 Å². The van der Waals surface area contributed by atoms with E-state index in [1.54, 1.807) is 11.8 Å². The molecule has 0 saturated heterocycles. The Balaban J connectivity index is 1.45. The van der Waals surface area contributed by atoms with Crippen molar-refractivity contribution in [3.05, 3.63) is 64.3 Å². The highest BCUT2D eigenvalue weighted by atomic mass is 32.2. The van der Waals surface area contributed by atoms with Crippen LogP contribution < -0.4 is 0 Å². The lowest BCUT2D eigenvalue weighted by Gasteiger charge is -2.27. The molecule has 0 radical (unpaired) electrons. The molecule has 0 spiro atoms. The Morgan fingerprint density at radius 2 is 2.00 bits per heavy atom. The first-order valence-corrected chi connectivity index (χ1v) is 10.5. The first-order chi connectivity index (χ1) is 12.2. The van der Waals surface area contributed by atoms with Gasteiger partial charge >= 0.3 is 0 Å². The summed E-state index contributed by atoms with van der Waals surface area (Å²) in [6, 6.07) is 13.3. The molecule has 128 valence electrons. The maximum absolute atomic E-state index is 4.65. The third-order valence-electron chi connectivity index (χ3n) is 4.55. The van der Waals surface area contributed by atoms with Gasteiger partial charge in [-0.05, 0) is 30.9 Å². The van der Waals surface area contributed by atoms with E-state index in [0.29, 0.717) is 0 Å². The number of aryl methyl sites for hydroxylation is 1. The van der Waals surface area contributed by atoms with Crippen LogP contribution in [0.15, 0.2) is 47.8 Å². The van der Waals surface area contributed by atoms with Crippen molar-refractivity contribution in [1.29, 1.82) is 0 Å². The van der Waals surface area contributed by atoms with Gasteiger partial charge in [-0.25, -0.2) is 9.97 Å². The highest BCUT2D eigenvalue weighted by Crippen LogP contribution is 2.30. The summed E-state index contributed by atoms with van der Waals surface area (Å²) in [7, 11) is 0. The fourth-order valence-electron chi connectivity index (χ4n) is 3.15. The molecule has 3 aromatic rings. The molecule has 3 heterocycles. The van der Waals surface area contributed by atoms with Gasteiger partial charge < -0.3 is 0 Å². The van der Waals surface area contributed by atoms with Crippen molar-refractivity contribution >= 4 is 23.1 Å². The SMILES string of the molecule is CSc1ncc2c(n1)CCN(Cc1ccc(-c3ccc(C)cc3)s1)C2. The number of thioether (sulfide) groups is 1. The van der Waals surface area contributed by atoms with Crippen molar-refractivity contribution < 1.29 is 0 Å². The van der Waals surface area contributed by atoms with Crippen LogP contribution in [0.5, 0.6) is 0 Å². The minimum atomic E-state index is 0.883. The number of nitrogens with zero attached hydrogens (tertiary/aromatic N) is 3. The van der Waals surface area contributed by atoms with Gasteiger partial charge in [-0.1, -0.05) is 41.6 Å². The maximum Gasteiger partial charge on any atom is 0.187 e. The largest absolute Gasteiger partial charge is 0.293 e. The molecule has 5 heteroatoms. The third-order valence-corrected chi connectivity index (χ3v) is 6.23. The Hall–Kier alpha value is -1.69. The molecule has 0 N–H and O–H groups in total. The van der Waals surface area contributed by atoms with Crippen LogP contribution in [0.2, 0.25) is 0 Å². The van der Waals surface area contributed by atoms with Gasteiger partial charge in [-0.15, -0.1) is 11.3 Å². The van der Waals surface area contributed by atoms with Gasteiger partial charge in [0, 0.05) is 47.6 Å². The fourth-order valence-corrected chi connectivity index (χ4v) is 4.56. The average Bonchev–Trinajstić information content (AvgIpc) is 3.10. The lowest BCUT2D eigenvalue weighted by Crippen LogP contribution is -2.30. The summed E-state index contributed by atoms with van der Waals surface area (Å²) < 4.78 is 0. The molecule has 0 atom stereocenters. The van der Waals surface area contributed by atoms with E-state index in [4.69, 9.17) is 0 Å². The molecule has 1 aromatic carbocycles. The average molecular weight is 368 g/mol. The van der Waals surface area contributed by atoms with E-state index in [1.807, 2.05) is 23.8 Å². The predicted molar refractivity (Wildman–Crippen MR) is 106 cm³/mol. The Labute approximate surface area is 157 Å². The zero-order chi connectivity index (χ0) is 17.2. The Morgan fingerprint density at radius 1 is 1.16 bits per heavy atom. The molecule has 0 aliphatic carbocycles. The highest BCUT2D eigenvalue weighted by Gasteiger charge is 2.19. The number of rotatable bonds is 4. The zero-order valence-electron chi connectivity index (χ0n) is 14.5. The van der Waals surface area contributed by atoms with E-state index >= 15 is 0 Å². The van der Waals surface area contributed by atoms with Gasteiger partial charge in [0.25, 0.3) is 0 Å². The second-order valence-corrected chi connectivity index (χ2v) is 8.36. The minimum absolute atomic E-state index is 0.883. The molecule has 25 heavy (non-hydrogen) atoms. The second kappa shape index (κ2) is 7.28. The summed E-state index contributed by atoms with van der Waals surface area (Å²) in [5.74, 6) is 0. The summed E-state index contributed by atoms with van der Waals surface area (Å²) in [4.78, 5) is 14.3. The second-order valence-electron chi connectivity index (χ2n) is 6.42. The van der Waals surface area contributed by atoms with Crippen LogP contribution in [0.3, 0.4) is 0 Å². The molecule has 0 saturated carbocycles. The summed E-state index contributed by atoms with van der Waals surface area (Å²) in [5, 5.41) is 0.883. The molecular formula is C20H21N3S2. The quantitative estimate of drug-likeness (QED) is 0.489. The Kier molecular flexibility index (Phi) is 4.88. The molecule has 0 amide bonds. The van der Waals surface area contributed by atoms with Gasteiger partial charge in [0.15, 0.2) is 5.16 Å². The number of aromatic nitrogens is 2. The number of hydrogen-bond acceptors (Lipinski definition) is 5. The number of thiophene rings is 1. The molecule has 4 rings (SSSR count). The van der Waals surface area contributed by atoms with Crippen molar-refractivity contribution in [2.75, 3.05) is 12.8 Å². The van der Waals surface area contributed by atoms with Gasteiger partial charge in [-0.2, -0.15) is 0 Å². The van der Waals surface area contributed by atoms with E-state index in [-0.39, 0.29) is 0 Å². The normalized spacial score (nSPS) is 14.5. The first-order valence-electron chi connectivity index (χ1n) is 8.48. The van der Waals surface area contributed by atoms with E-state index in [2.05, 4.69) is 58.2 Å². The molecule has 0 unspecified atom stereocenters. The van der Waals surface area contributed by atoms with Crippen molar-refractivity contribution in [3.63, 3.8) is 0 Å². The number of benzene rings is 1. The van der Waals surface area contributed by atoms with Gasteiger partial charge in [-0.3, -0.25) is 4.90 Å². The van der Waals surface area contributed by atoms with Gasteiger partial charge in [0.2, 0.25) is 0 Å². The lowest BCUT2D eigenvalue weighted by atomic mass is 10.1. The van der Waals surface area contributed by atoms with Crippen molar-refractivity contribution in [2.24, 2.45) is 0 Å². The molecule has 1 aliphatic heterocycles. The Bertz CT molecular complexity index is 871. The van der Waals surface area contributed by atoms with E-state index in [9.17, 15) is 0 Å². The van der Waals surface area contributed by atoms with Crippen LogP contribution in [0, 0.1) is 6.92 Å². The van der Waals surface area contributed by atoms with Crippen LogP contribution in [0.25, 0.3) is 10.4 Å². The Morgan fingerprint density at radius 3 is 2.80 bits per heavy atom. The van der Waals surface area contributed by atoms with Crippen LogP contribution in [0.4, 0.5) is 0 Å². The maximum atomic E-state index is 4.65. The van der Waals surface area contributed by atoms with E-state index in [1.165, 1.54) is 32.1 Å². The standard InChI is InChI=1S/C20H21N3S2/c1-14-3-5-15(6-4-14)19-8-7-17(25-19)13-23-10-9-18-16(12-23)11-21-20(22-18)24-2/h3-8,11H,9-10,12-13H2,1-2H3. The number of fused-ring (bicyclic) bond motifs is 1. The van der Waals surface area contributed by atoms with Crippen LogP contribution in [0.1, 0.15) is 21.7 Å². The molecule has 2 aromatic heterocycles. The minimum Gasteiger partial charge on any atom is -0.293 e. The molecular weight excluding hydrogens is 346 g/mol. The molecule has 1 aliphatic rings. The van der Waals surface area contributed by atoms with Crippen molar-refractivity contribution in [1.82, 2.24) is 14.9 Å². The fraction of sp³-hybridized carbons (Fsp3) is 0.300. The van der Waals surface area contributed by atoms with Crippen LogP contribution in [-0.2, 0) is 19.5 Å². The number of hydrogen-bond donors (Lipinski definition) is 0. The van der Waals surface area contributed by atoms with Crippen molar-refractivity contribution in [3.8, 4) is 10.4 Å². The van der Waals surface area contributed by atoms with Crippen LogP contribution in [-0.4, -0.2) is 27.7 Å². The summed E-state index contributed by atoms with van der Waals surface area (Å²) in [5.41, 5.74) is 5.12. The van der Waals surface area contributed by atoms with Crippen LogP contribution >= 0.6 is 23.1 Å². The lowest BCUT2D eigenvalue weighted by molar-refractivity contribution is 0.244. The highest BCUT2D eigenvalue weighted by molar-refractivity contribution is 7.98. The summed E-state index contributed by atoms with van der Waals surface area (Å²) >= 11 is 3.51. The zero-order valence-corrected chi connectivity index (χ0v) is 16.2. The van der Waals surface area contributed by atoms with Gasteiger partial charge in [0.1, 0.15) is 0 Å². The molecule has 0 bridgehead atoms. The summed E-state index contributed by atoms with van der Waals surface area (Å²) in [6.45, 7) is 5.14. The smallest absolute Gasteiger partial charge is 0.187 e. The monoisotopic (exact) mass is 367 g/mol. The molecule has 3 nitrogen and oxygen atoms in total. The third kappa shape index (κ3) is 3.78. The van der Waals surface area contributed by atoms with Gasteiger partial charge in [0.05, 0.1) is 5.69 Å².